The van der Waals surface area contributed by atoms with E-state index in [9.17, 15) is 4.79 Å². The number of hydrogen-bond acceptors (Lipinski definition) is 3. The SMILES string of the molecule is CC1Cc2o[nH]c(=O)c2C(C)N1. The Hall–Kier alpha value is -1.03. The molecule has 0 aromatic carbocycles. The van der Waals surface area contributed by atoms with Crippen LogP contribution in [0.25, 0.3) is 0 Å². The Labute approximate surface area is 69.9 Å². The van der Waals surface area contributed by atoms with Crippen LogP contribution in [-0.2, 0) is 6.42 Å². The molecule has 1 aromatic heterocycles. The van der Waals surface area contributed by atoms with Crippen molar-refractivity contribution < 1.29 is 4.52 Å². The Bertz CT molecular complexity index is 339. The van der Waals surface area contributed by atoms with Gasteiger partial charge in [0.05, 0.1) is 5.56 Å². The number of rotatable bonds is 0. The summed E-state index contributed by atoms with van der Waals surface area (Å²) in [6.45, 7) is 4.05. The molecule has 1 aliphatic rings. The highest BCUT2D eigenvalue weighted by atomic mass is 16.5. The molecule has 66 valence electrons. The van der Waals surface area contributed by atoms with E-state index in [0.29, 0.717) is 6.04 Å². The van der Waals surface area contributed by atoms with Crippen molar-refractivity contribution in [1.82, 2.24) is 10.5 Å². The molecule has 4 heteroatoms. The highest BCUT2D eigenvalue weighted by Crippen LogP contribution is 2.20. The Morgan fingerprint density at radius 3 is 3.00 bits per heavy atom. The first-order valence-electron chi connectivity index (χ1n) is 4.14. The molecule has 0 aliphatic carbocycles. The molecule has 2 heterocycles. The van der Waals surface area contributed by atoms with Gasteiger partial charge in [0.1, 0.15) is 5.76 Å². The third kappa shape index (κ3) is 0.992. The fraction of sp³-hybridized carbons (Fsp3) is 0.625. The van der Waals surface area contributed by atoms with Crippen LogP contribution in [-0.4, -0.2) is 11.2 Å². The maximum atomic E-state index is 11.2. The smallest absolute Gasteiger partial charge is 0.284 e. The molecule has 0 spiro atoms. The van der Waals surface area contributed by atoms with Gasteiger partial charge in [0.25, 0.3) is 5.56 Å². The van der Waals surface area contributed by atoms with E-state index in [-0.39, 0.29) is 11.6 Å². The van der Waals surface area contributed by atoms with Crippen LogP contribution in [0.15, 0.2) is 9.32 Å². The first kappa shape index (κ1) is 7.61. The Morgan fingerprint density at radius 1 is 1.50 bits per heavy atom. The summed E-state index contributed by atoms with van der Waals surface area (Å²) in [5.41, 5.74) is 0.657. The molecule has 2 rings (SSSR count). The van der Waals surface area contributed by atoms with Gasteiger partial charge in [0.2, 0.25) is 0 Å². The van der Waals surface area contributed by atoms with Crippen LogP contribution >= 0.6 is 0 Å². The standard InChI is InChI=1S/C8H12N2O2/c1-4-3-6-7(5(2)9-4)8(11)10-12-6/h4-5,9H,3H2,1-2H3,(H,10,11). The molecule has 4 nitrogen and oxygen atoms in total. The average molecular weight is 168 g/mol. The summed E-state index contributed by atoms with van der Waals surface area (Å²) in [4.78, 5) is 11.2. The molecule has 1 aromatic rings. The number of nitrogens with one attached hydrogen (secondary N) is 2. The second-order valence-corrected chi connectivity index (χ2v) is 3.36. The van der Waals surface area contributed by atoms with E-state index in [2.05, 4.69) is 17.4 Å². The number of hydrogen-bond donors (Lipinski definition) is 2. The zero-order valence-electron chi connectivity index (χ0n) is 7.18. The fourth-order valence-electron chi connectivity index (χ4n) is 1.78. The van der Waals surface area contributed by atoms with Gasteiger partial charge in [-0.1, -0.05) is 0 Å². The average Bonchev–Trinajstić information content (AvgIpc) is 2.31. The molecular formula is C8H12N2O2. The van der Waals surface area contributed by atoms with Gasteiger partial charge in [0.15, 0.2) is 0 Å². The monoisotopic (exact) mass is 168 g/mol. The summed E-state index contributed by atoms with van der Waals surface area (Å²) in [7, 11) is 0. The molecule has 0 amide bonds. The predicted octanol–water partition coefficient (Wildman–Crippen LogP) is 0.563. The molecule has 2 N–H and O–H groups in total. The van der Waals surface area contributed by atoms with Crippen molar-refractivity contribution in [2.45, 2.75) is 32.4 Å². The van der Waals surface area contributed by atoms with Crippen LogP contribution in [0.3, 0.4) is 0 Å². The molecule has 0 saturated carbocycles. The van der Waals surface area contributed by atoms with E-state index >= 15 is 0 Å². The molecule has 12 heavy (non-hydrogen) atoms. The minimum absolute atomic E-state index is 0.100. The van der Waals surface area contributed by atoms with Gasteiger partial charge in [-0.15, -0.1) is 0 Å². The van der Waals surface area contributed by atoms with Crippen molar-refractivity contribution in [3.63, 3.8) is 0 Å². The molecule has 0 saturated heterocycles. The van der Waals surface area contributed by atoms with Crippen LogP contribution in [0.2, 0.25) is 0 Å². The van der Waals surface area contributed by atoms with E-state index in [1.54, 1.807) is 0 Å². The van der Waals surface area contributed by atoms with Crippen LogP contribution < -0.4 is 10.9 Å². The summed E-state index contributed by atoms with van der Waals surface area (Å²) in [6.07, 6.45) is 0.790. The van der Waals surface area contributed by atoms with Gasteiger partial charge >= 0.3 is 0 Å². The molecule has 0 fully saturated rings. The van der Waals surface area contributed by atoms with Crippen molar-refractivity contribution in [3.05, 3.63) is 21.7 Å². The van der Waals surface area contributed by atoms with Crippen LogP contribution in [0, 0.1) is 0 Å². The Kier molecular flexibility index (Phi) is 1.58. The number of fused-ring (bicyclic) bond motifs is 1. The molecule has 0 radical (unpaired) electrons. The second kappa shape index (κ2) is 2.48. The van der Waals surface area contributed by atoms with Gasteiger partial charge in [-0.25, -0.2) is 0 Å². The van der Waals surface area contributed by atoms with Gasteiger partial charge < -0.3 is 9.84 Å². The number of aromatic nitrogens is 1. The Morgan fingerprint density at radius 2 is 2.25 bits per heavy atom. The molecular weight excluding hydrogens is 156 g/mol. The van der Waals surface area contributed by atoms with E-state index in [1.165, 1.54) is 0 Å². The minimum Gasteiger partial charge on any atom is -0.383 e. The quantitative estimate of drug-likeness (QED) is 0.595. The summed E-state index contributed by atoms with van der Waals surface area (Å²) >= 11 is 0. The molecule has 0 bridgehead atoms. The van der Waals surface area contributed by atoms with Gasteiger partial charge in [-0.3, -0.25) is 4.79 Å². The first-order valence-corrected chi connectivity index (χ1v) is 4.14. The van der Waals surface area contributed by atoms with Gasteiger partial charge in [-0.2, -0.15) is 5.16 Å². The number of aromatic amines is 1. The zero-order chi connectivity index (χ0) is 8.72. The second-order valence-electron chi connectivity index (χ2n) is 3.36. The fourth-order valence-corrected chi connectivity index (χ4v) is 1.78. The predicted molar refractivity (Wildman–Crippen MR) is 44.0 cm³/mol. The highest BCUT2D eigenvalue weighted by molar-refractivity contribution is 5.21. The van der Waals surface area contributed by atoms with E-state index in [0.717, 1.165) is 17.7 Å². The van der Waals surface area contributed by atoms with Crippen LogP contribution in [0.5, 0.6) is 0 Å². The lowest BCUT2D eigenvalue weighted by Gasteiger charge is -2.23. The third-order valence-corrected chi connectivity index (χ3v) is 2.27. The van der Waals surface area contributed by atoms with Crippen LogP contribution in [0.4, 0.5) is 0 Å². The normalized spacial score (nSPS) is 28.5. The van der Waals surface area contributed by atoms with Gasteiger partial charge in [-0.05, 0) is 13.8 Å². The van der Waals surface area contributed by atoms with Crippen molar-refractivity contribution in [2.75, 3.05) is 0 Å². The maximum absolute atomic E-state index is 11.2. The summed E-state index contributed by atoms with van der Waals surface area (Å²) in [6, 6.07) is 0.484. The van der Waals surface area contributed by atoms with Crippen molar-refractivity contribution in [2.24, 2.45) is 0 Å². The van der Waals surface area contributed by atoms with Crippen LogP contribution in [0.1, 0.15) is 31.2 Å². The molecule has 1 aliphatic heterocycles. The maximum Gasteiger partial charge on any atom is 0.284 e. The van der Waals surface area contributed by atoms with E-state index < -0.39 is 0 Å². The highest BCUT2D eigenvalue weighted by Gasteiger charge is 2.26. The van der Waals surface area contributed by atoms with Gasteiger partial charge in [0, 0.05) is 18.5 Å². The summed E-state index contributed by atoms with van der Waals surface area (Å²) in [5, 5.41) is 5.64. The van der Waals surface area contributed by atoms with Crippen molar-refractivity contribution in [1.29, 1.82) is 0 Å². The van der Waals surface area contributed by atoms with Crippen molar-refractivity contribution >= 4 is 0 Å². The number of H-pyrrole nitrogens is 1. The van der Waals surface area contributed by atoms with E-state index in [4.69, 9.17) is 4.52 Å². The molecule has 2 atom stereocenters. The first-order chi connectivity index (χ1) is 5.68. The summed E-state index contributed by atoms with van der Waals surface area (Å²) in [5.74, 6) is 0.804. The lowest BCUT2D eigenvalue weighted by Crippen LogP contribution is -2.37. The zero-order valence-corrected chi connectivity index (χ0v) is 7.18. The minimum atomic E-state index is -0.100. The lowest BCUT2D eigenvalue weighted by molar-refractivity contribution is 0.338. The topological polar surface area (TPSA) is 58.0 Å². The molecule has 2 unspecified atom stereocenters. The largest absolute Gasteiger partial charge is 0.383 e. The lowest BCUT2D eigenvalue weighted by atomic mass is 9.99. The van der Waals surface area contributed by atoms with E-state index in [1.807, 2.05) is 6.92 Å². The summed E-state index contributed by atoms with van der Waals surface area (Å²) < 4.78 is 5.05. The van der Waals surface area contributed by atoms with Crippen molar-refractivity contribution in [3.8, 4) is 0 Å². The third-order valence-electron chi connectivity index (χ3n) is 2.27. The Balaban J connectivity index is 2.50.